The summed E-state index contributed by atoms with van der Waals surface area (Å²) < 4.78 is 5.86. The summed E-state index contributed by atoms with van der Waals surface area (Å²) in [5.74, 6) is 3.25. The molecule has 1 saturated heterocycles. The van der Waals surface area contributed by atoms with E-state index in [0.29, 0.717) is 19.2 Å². The molecule has 118 valence electrons. The van der Waals surface area contributed by atoms with E-state index < -0.39 is 6.10 Å². The van der Waals surface area contributed by atoms with Crippen LogP contribution in [0, 0.1) is 0 Å². The smallest absolute Gasteiger partial charge is 0.127 e. The van der Waals surface area contributed by atoms with Crippen molar-refractivity contribution in [2.24, 2.45) is 0 Å². The van der Waals surface area contributed by atoms with E-state index in [4.69, 9.17) is 4.74 Å². The first kappa shape index (κ1) is 15.7. The molecule has 0 radical (unpaired) electrons. The summed E-state index contributed by atoms with van der Waals surface area (Å²) in [5.41, 5.74) is 0. The molecule has 1 aliphatic heterocycles. The van der Waals surface area contributed by atoms with E-state index >= 15 is 0 Å². The quantitative estimate of drug-likeness (QED) is 0.888. The Bertz CT molecular complexity index is 608. The Morgan fingerprint density at radius 2 is 2.09 bits per heavy atom. The molecule has 0 saturated carbocycles. The largest absolute Gasteiger partial charge is 0.490 e. The SMILES string of the molecule is CN(CC(O)COc1cccc2ccccc12)C1CCSC1. The number of nitrogens with zero attached hydrogens (tertiary/aromatic N) is 1. The molecule has 4 heteroatoms. The molecule has 1 fully saturated rings. The minimum absolute atomic E-state index is 0.332. The van der Waals surface area contributed by atoms with E-state index in [0.717, 1.165) is 16.5 Å². The highest BCUT2D eigenvalue weighted by Crippen LogP contribution is 2.25. The lowest BCUT2D eigenvalue weighted by molar-refractivity contribution is 0.0670. The number of fused-ring (bicyclic) bond motifs is 1. The lowest BCUT2D eigenvalue weighted by Gasteiger charge is -2.26. The molecule has 1 heterocycles. The van der Waals surface area contributed by atoms with Crippen LogP contribution in [0.4, 0.5) is 0 Å². The summed E-state index contributed by atoms with van der Waals surface area (Å²) in [6.07, 6.45) is 0.757. The minimum Gasteiger partial charge on any atom is -0.490 e. The molecular weight excluding hydrogens is 294 g/mol. The number of likely N-dealkylation sites (N-methyl/N-ethyl adjacent to an activating group) is 1. The maximum atomic E-state index is 10.2. The Balaban J connectivity index is 1.56. The number of ether oxygens (including phenoxy) is 1. The van der Waals surface area contributed by atoms with Gasteiger partial charge in [0.2, 0.25) is 0 Å². The molecule has 2 atom stereocenters. The monoisotopic (exact) mass is 317 g/mol. The van der Waals surface area contributed by atoms with Gasteiger partial charge >= 0.3 is 0 Å². The van der Waals surface area contributed by atoms with Crippen LogP contribution in [0.2, 0.25) is 0 Å². The fourth-order valence-electron chi connectivity index (χ4n) is 2.91. The summed E-state index contributed by atoms with van der Waals surface area (Å²) in [4.78, 5) is 2.26. The molecule has 0 spiro atoms. The van der Waals surface area contributed by atoms with Gasteiger partial charge in [0.1, 0.15) is 18.5 Å². The normalized spacial score (nSPS) is 19.7. The molecule has 0 amide bonds. The average Bonchev–Trinajstić information content (AvgIpc) is 3.07. The highest BCUT2D eigenvalue weighted by molar-refractivity contribution is 7.99. The average molecular weight is 317 g/mol. The molecule has 0 aliphatic carbocycles. The van der Waals surface area contributed by atoms with Gasteiger partial charge in [0, 0.05) is 23.7 Å². The molecule has 0 bridgehead atoms. The van der Waals surface area contributed by atoms with Crippen LogP contribution in [0.1, 0.15) is 6.42 Å². The topological polar surface area (TPSA) is 32.7 Å². The second kappa shape index (κ2) is 7.36. The number of benzene rings is 2. The maximum Gasteiger partial charge on any atom is 0.127 e. The molecule has 3 rings (SSSR count). The predicted molar refractivity (Wildman–Crippen MR) is 93.8 cm³/mol. The lowest BCUT2D eigenvalue weighted by atomic mass is 10.1. The van der Waals surface area contributed by atoms with Crippen LogP contribution in [-0.4, -0.2) is 53.9 Å². The first-order valence-electron chi connectivity index (χ1n) is 7.80. The van der Waals surface area contributed by atoms with E-state index in [2.05, 4.69) is 30.1 Å². The standard InChI is InChI=1S/C18H23NO2S/c1-19(15-9-10-22-13-15)11-16(20)12-21-18-8-4-6-14-5-2-3-7-17(14)18/h2-8,15-16,20H,9-13H2,1H3. The number of aliphatic hydroxyl groups is 1. The van der Waals surface area contributed by atoms with Gasteiger partial charge in [0.25, 0.3) is 0 Å². The molecule has 22 heavy (non-hydrogen) atoms. The van der Waals surface area contributed by atoms with Gasteiger partial charge in [-0.25, -0.2) is 0 Å². The number of aliphatic hydroxyl groups excluding tert-OH is 1. The van der Waals surface area contributed by atoms with E-state index in [1.165, 1.54) is 17.9 Å². The van der Waals surface area contributed by atoms with E-state index in [1.807, 2.05) is 36.0 Å². The minimum atomic E-state index is -0.463. The summed E-state index contributed by atoms with van der Waals surface area (Å²) in [6, 6.07) is 14.8. The van der Waals surface area contributed by atoms with Gasteiger partial charge in [-0.1, -0.05) is 36.4 Å². The molecule has 3 nitrogen and oxygen atoms in total. The molecule has 2 aromatic rings. The second-order valence-electron chi connectivity index (χ2n) is 5.90. The number of hydrogen-bond acceptors (Lipinski definition) is 4. The summed E-state index contributed by atoms with van der Waals surface area (Å²) in [5, 5.41) is 12.5. The number of rotatable bonds is 6. The van der Waals surface area contributed by atoms with Crippen molar-refractivity contribution < 1.29 is 9.84 Å². The third kappa shape index (κ3) is 3.75. The predicted octanol–water partition coefficient (Wildman–Crippen LogP) is 3.02. The van der Waals surface area contributed by atoms with Crippen molar-refractivity contribution in [2.75, 3.05) is 31.7 Å². The zero-order chi connectivity index (χ0) is 15.4. The molecule has 2 unspecified atom stereocenters. The Labute approximate surface area is 136 Å². The van der Waals surface area contributed by atoms with Gasteiger partial charge in [-0.15, -0.1) is 0 Å². The van der Waals surface area contributed by atoms with Gasteiger partial charge in [0.05, 0.1) is 0 Å². The van der Waals surface area contributed by atoms with Crippen LogP contribution in [0.3, 0.4) is 0 Å². The lowest BCUT2D eigenvalue weighted by Crippen LogP contribution is -2.39. The fraction of sp³-hybridized carbons (Fsp3) is 0.444. The number of thioether (sulfide) groups is 1. The van der Waals surface area contributed by atoms with Crippen LogP contribution in [-0.2, 0) is 0 Å². The van der Waals surface area contributed by atoms with Crippen LogP contribution >= 0.6 is 11.8 Å². The zero-order valence-corrected chi connectivity index (χ0v) is 13.8. The summed E-state index contributed by atoms with van der Waals surface area (Å²) in [7, 11) is 2.09. The molecule has 1 aliphatic rings. The van der Waals surface area contributed by atoms with Crippen LogP contribution in [0.25, 0.3) is 10.8 Å². The van der Waals surface area contributed by atoms with Crippen molar-refractivity contribution in [3.8, 4) is 5.75 Å². The molecule has 2 aromatic carbocycles. The summed E-state index contributed by atoms with van der Waals surface area (Å²) >= 11 is 1.99. The van der Waals surface area contributed by atoms with Crippen LogP contribution in [0.15, 0.2) is 42.5 Å². The zero-order valence-electron chi connectivity index (χ0n) is 12.9. The third-order valence-corrected chi connectivity index (χ3v) is 5.35. The second-order valence-corrected chi connectivity index (χ2v) is 7.05. The van der Waals surface area contributed by atoms with Gasteiger partial charge < -0.3 is 9.84 Å². The fourth-order valence-corrected chi connectivity index (χ4v) is 4.21. The van der Waals surface area contributed by atoms with Gasteiger partial charge in [-0.3, -0.25) is 4.90 Å². The first-order valence-corrected chi connectivity index (χ1v) is 8.96. The molecular formula is C18H23NO2S. The van der Waals surface area contributed by atoms with Crippen molar-refractivity contribution in [3.63, 3.8) is 0 Å². The Kier molecular flexibility index (Phi) is 5.24. The van der Waals surface area contributed by atoms with Crippen molar-refractivity contribution in [3.05, 3.63) is 42.5 Å². The van der Waals surface area contributed by atoms with Crippen molar-refractivity contribution in [1.82, 2.24) is 4.90 Å². The van der Waals surface area contributed by atoms with Crippen molar-refractivity contribution >= 4 is 22.5 Å². The number of hydrogen-bond donors (Lipinski definition) is 1. The Hall–Kier alpha value is -1.23. The third-order valence-electron chi connectivity index (χ3n) is 4.21. The molecule has 1 N–H and O–H groups in total. The van der Waals surface area contributed by atoms with E-state index in [1.54, 1.807) is 0 Å². The van der Waals surface area contributed by atoms with Gasteiger partial charge in [-0.2, -0.15) is 11.8 Å². The summed E-state index contributed by atoms with van der Waals surface area (Å²) in [6.45, 7) is 0.994. The Morgan fingerprint density at radius 3 is 2.91 bits per heavy atom. The molecule has 0 aromatic heterocycles. The van der Waals surface area contributed by atoms with Crippen molar-refractivity contribution in [2.45, 2.75) is 18.6 Å². The van der Waals surface area contributed by atoms with E-state index in [-0.39, 0.29) is 0 Å². The van der Waals surface area contributed by atoms with Crippen molar-refractivity contribution in [1.29, 1.82) is 0 Å². The van der Waals surface area contributed by atoms with Crippen LogP contribution in [0.5, 0.6) is 5.75 Å². The maximum absolute atomic E-state index is 10.2. The Morgan fingerprint density at radius 1 is 1.27 bits per heavy atom. The van der Waals surface area contributed by atoms with Crippen LogP contribution < -0.4 is 4.74 Å². The van der Waals surface area contributed by atoms with Gasteiger partial charge in [0.15, 0.2) is 0 Å². The van der Waals surface area contributed by atoms with E-state index in [9.17, 15) is 5.11 Å². The highest BCUT2D eigenvalue weighted by Gasteiger charge is 2.22. The highest BCUT2D eigenvalue weighted by atomic mass is 32.2. The first-order chi connectivity index (χ1) is 10.7. The van der Waals surface area contributed by atoms with Gasteiger partial charge in [-0.05, 0) is 30.7 Å².